The van der Waals surface area contributed by atoms with E-state index in [-0.39, 0.29) is 17.6 Å². The minimum atomic E-state index is -0.321. The van der Waals surface area contributed by atoms with Gasteiger partial charge in [-0.05, 0) is 25.5 Å². The zero-order valence-electron chi connectivity index (χ0n) is 17.5. The third kappa shape index (κ3) is 4.69. The first-order chi connectivity index (χ1) is 13.8. The Morgan fingerprint density at radius 3 is 2.45 bits per heavy atom. The van der Waals surface area contributed by atoms with E-state index in [0.29, 0.717) is 49.0 Å². The van der Waals surface area contributed by atoms with Gasteiger partial charge in [0, 0.05) is 60.4 Å². The summed E-state index contributed by atoms with van der Waals surface area (Å²) in [7, 11) is 0. The first kappa shape index (κ1) is 21.5. The maximum Gasteiger partial charge on any atom is 0.225 e. The molecule has 0 spiro atoms. The highest BCUT2D eigenvalue weighted by Crippen LogP contribution is 2.29. The van der Waals surface area contributed by atoms with Crippen molar-refractivity contribution in [1.82, 2.24) is 14.9 Å². The summed E-state index contributed by atoms with van der Waals surface area (Å²) in [5, 5.41) is 0.408. The maximum atomic E-state index is 14.5. The smallest absolute Gasteiger partial charge is 0.225 e. The van der Waals surface area contributed by atoms with Gasteiger partial charge in [-0.15, -0.1) is 0 Å². The number of benzene rings is 1. The summed E-state index contributed by atoms with van der Waals surface area (Å²) in [6.45, 7) is 10.5. The van der Waals surface area contributed by atoms with Gasteiger partial charge in [-0.3, -0.25) is 4.79 Å². The topological polar surface area (TPSA) is 49.3 Å². The van der Waals surface area contributed by atoms with E-state index >= 15 is 0 Å². The van der Waals surface area contributed by atoms with Crippen LogP contribution in [0.25, 0.3) is 0 Å². The van der Waals surface area contributed by atoms with Crippen LogP contribution in [0.5, 0.6) is 0 Å². The fourth-order valence-corrected chi connectivity index (χ4v) is 3.98. The summed E-state index contributed by atoms with van der Waals surface area (Å²) in [4.78, 5) is 25.7. The molecule has 0 aliphatic carbocycles. The number of anilines is 1. The molecule has 0 unspecified atom stereocenters. The number of carbonyl (C=O) groups excluding carboxylic acids is 1. The molecule has 1 aliphatic rings. The zero-order valence-corrected chi connectivity index (χ0v) is 18.3. The third-order valence-corrected chi connectivity index (χ3v) is 5.67. The standard InChI is InChI=1S/C22H28ClFN4O/c1-5-20-17(13-16-18(23)7-6-8-19(16)24)21(26-15(4)25-20)27-9-11-28(12-10-27)22(29)14(2)3/h6-8,14H,5,9-13H2,1-4H3. The number of aryl methyl sites for hydroxylation is 2. The second kappa shape index (κ2) is 9.08. The summed E-state index contributed by atoms with van der Waals surface area (Å²) < 4.78 is 14.5. The second-order valence-corrected chi connectivity index (χ2v) is 8.12. The van der Waals surface area contributed by atoms with Gasteiger partial charge in [0.05, 0.1) is 0 Å². The number of halogens is 2. The van der Waals surface area contributed by atoms with Crippen LogP contribution < -0.4 is 4.90 Å². The van der Waals surface area contributed by atoms with E-state index in [2.05, 4.69) is 9.88 Å². The van der Waals surface area contributed by atoms with E-state index in [9.17, 15) is 9.18 Å². The molecule has 3 rings (SSSR count). The molecule has 0 bridgehead atoms. The van der Waals surface area contributed by atoms with Crippen molar-refractivity contribution in [2.45, 2.75) is 40.5 Å². The minimum Gasteiger partial charge on any atom is -0.353 e. The van der Waals surface area contributed by atoms with Crippen LogP contribution in [-0.4, -0.2) is 47.0 Å². The summed E-state index contributed by atoms with van der Waals surface area (Å²) >= 11 is 6.29. The van der Waals surface area contributed by atoms with Crippen molar-refractivity contribution >= 4 is 23.3 Å². The van der Waals surface area contributed by atoms with Crippen LogP contribution >= 0.6 is 11.6 Å². The van der Waals surface area contributed by atoms with Crippen molar-refractivity contribution in [3.63, 3.8) is 0 Å². The van der Waals surface area contributed by atoms with Gasteiger partial charge in [0.15, 0.2) is 0 Å². The average molecular weight is 419 g/mol. The van der Waals surface area contributed by atoms with E-state index in [1.54, 1.807) is 12.1 Å². The van der Waals surface area contributed by atoms with E-state index in [4.69, 9.17) is 16.6 Å². The third-order valence-electron chi connectivity index (χ3n) is 5.32. The van der Waals surface area contributed by atoms with Gasteiger partial charge in [-0.25, -0.2) is 14.4 Å². The molecule has 1 fully saturated rings. The van der Waals surface area contributed by atoms with Crippen molar-refractivity contribution in [2.75, 3.05) is 31.1 Å². The Labute approximate surface area is 176 Å². The van der Waals surface area contributed by atoms with Gasteiger partial charge in [-0.1, -0.05) is 38.4 Å². The van der Waals surface area contributed by atoms with E-state index < -0.39 is 0 Å². The SMILES string of the molecule is CCc1nc(C)nc(N2CCN(C(=O)C(C)C)CC2)c1Cc1c(F)cccc1Cl. The molecule has 1 amide bonds. The largest absolute Gasteiger partial charge is 0.353 e. The molecule has 0 atom stereocenters. The monoisotopic (exact) mass is 418 g/mol. The normalized spacial score (nSPS) is 14.6. The number of nitrogens with zero attached hydrogens (tertiary/aromatic N) is 4. The highest BCUT2D eigenvalue weighted by atomic mass is 35.5. The van der Waals surface area contributed by atoms with Crippen molar-refractivity contribution in [3.8, 4) is 0 Å². The first-order valence-corrected chi connectivity index (χ1v) is 10.5. The van der Waals surface area contributed by atoms with Crippen molar-refractivity contribution in [1.29, 1.82) is 0 Å². The molecule has 0 radical (unpaired) electrons. The molecule has 7 heteroatoms. The number of amides is 1. The fourth-order valence-electron chi connectivity index (χ4n) is 3.75. The predicted octanol–water partition coefficient (Wildman–Crippen LogP) is 4.04. The molecule has 1 aromatic heterocycles. The molecule has 2 aromatic rings. The number of hydrogen-bond acceptors (Lipinski definition) is 4. The van der Waals surface area contributed by atoms with E-state index in [0.717, 1.165) is 23.5 Å². The molecule has 1 aliphatic heterocycles. The molecule has 1 aromatic carbocycles. The van der Waals surface area contributed by atoms with Crippen molar-refractivity contribution in [3.05, 3.63) is 51.7 Å². The van der Waals surface area contributed by atoms with Crippen LogP contribution in [0.4, 0.5) is 10.2 Å². The number of hydrogen-bond donors (Lipinski definition) is 0. The quantitative estimate of drug-likeness (QED) is 0.735. The number of rotatable bonds is 5. The van der Waals surface area contributed by atoms with Gasteiger partial charge in [0.1, 0.15) is 17.5 Å². The van der Waals surface area contributed by atoms with Gasteiger partial charge in [-0.2, -0.15) is 0 Å². The van der Waals surface area contributed by atoms with Gasteiger partial charge < -0.3 is 9.80 Å². The molecule has 0 saturated carbocycles. The Morgan fingerprint density at radius 1 is 1.17 bits per heavy atom. The number of carbonyl (C=O) groups is 1. The van der Waals surface area contributed by atoms with Crippen molar-refractivity contribution in [2.24, 2.45) is 5.92 Å². The summed E-state index contributed by atoms with van der Waals surface area (Å²) in [5.41, 5.74) is 2.28. The van der Waals surface area contributed by atoms with E-state index in [1.165, 1.54) is 6.07 Å². The molecule has 1 saturated heterocycles. The Kier molecular flexibility index (Phi) is 6.73. The summed E-state index contributed by atoms with van der Waals surface area (Å²) in [5.74, 6) is 1.37. The van der Waals surface area contributed by atoms with Crippen LogP contribution in [0.1, 0.15) is 43.4 Å². The van der Waals surface area contributed by atoms with Crippen LogP contribution in [-0.2, 0) is 17.6 Å². The highest BCUT2D eigenvalue weighted by molar-refractivity contribution is 6.31. The lowest BCUT2D eigenvalue weighted by Crippen LogP contribution is -2.50. The maximum absolute atomic E-state index is 14.5. The number of piperazine rings is 1. The molecule has 29 heavy (non-hydrogen) atoms. The Balaban J connectivity index is 1.93. The van der Waals surface area contributed by atoms with Gasteiger partial charge in [0.25, 0.3) is 0 Å². The Hall–Kier alpha value is -2.21. The number of aromatic nitrogens is 2. The Morgan fingerprint density at radius 2 is 1.86 bits per heavy atom. The van der Waals surface area contributed by atoms with Crippen LogP contribution in [0.2, 0.25) is 5.02 Å². The summed E-state index contributed by atoms with van der Waals surface area (Å²) in [6.07, 6.45) is 1.07. The minimum absolute atomic E-state index is 0.00621. The van der Waals surface area contributed by atoms with Crippen LogP contribution in [0.15, 0.2) is 18.2 Å². The molecular weight excluding hydrogens is 391 g/mol. The molecule has 5 nitrogen and oxygen atoms in total. The van der Waals surface area contributed by atoms with Gasteiger partial charge in [0.2, 0.25) is 5.91 Å². The fraction of sp³-hybridized carbons (Fsp3) is 0.500. The first-order valence-electron chi connectivity index (χ1n) is 10.1. The van der Waals surface area contributed by atoms with Crippen molar-refractivity contribution < 1.29 is 9.18 Å². The molecule has 0 N–H and O–H groups in total. The molecule has 2 heterocycles. The second-order valence-electron chi connectivity index (χ2n) is 7.72. The predicted molar refractivity (Wildman–Crippen MR) is 114 cm³/mol. The van der Waals surface area contributed by atoms with Crippen LogP contribution in [0, 0.1) is 18.7 Å². The lowest BCUT2D eigenvalue weighted by atomic mass is 10.0. The lowest BCUT2D eigenvalue weighted by Gasteiger charge is -2.37. The van der Waals surface area contributed by atoms with Gasteiger partial charge >= 0.3 is 0 Å². The molecule has 156 valence electrons. The summed E-state index contributed by atoms with van der Waals surface area (Å²) in [6, 6.07) is 4.74. The lowest BCUT2D eigenvalue weighted by molar-refractivity contribution is -0.134. The van der Waals surface area contributed by atoms with Crippen LogP contribution in [0.3, 0.4) is 0 Å². The highest BCUT2D eigenvalue weighted by Gasteiger charge is 2.26. The van der Waals surface area contributed by atoms with E-state index in [1.807, 2.05) is 32.6 Å². The zero-order chi connectivity index (χ0) is 21.1. The molecular formula is C22H28ClFN4O. The Bertz CT molecular complexity index is 874. The average Bonchev–Trinajstić information content (AvgIpc) is 2.70.